The number of nitrogens with one attached hydrogen (secondary N) is 1. The van der Waals surface area contributed by atoms with Gasteiger partial charge in [0.15, 0.2) is 0 Å². The van der Waals surface area contributed by atoms with Crippen LogP contribution >= 0.6 is 0 Å². The van der Waals surface area contributed by atoms with E-state index in [-0.39, 0.29) is 11.4 Å². The highest BCUT2D eigenvalue weighted by molar-refractivity contribution is 5.94. The smallest absolute Gasteiger partial charge is 0.251 e. The third-order valence-electron chi connectivity index (χ3n) is 2.93. The average molecular weight is 220 g/mol. The van der Waals surface area contributed by atoms with E-state index in [0.29, 0.717) is 12.1 Å². The first-order chi connectivity index (χ1) is 7.43. The maximum Gasteiger partial charge on any atom is 0.251 e. The van der Waals surface area contributed by atoms with Gasteiger partial charge in [0.05, 0.1) is 0 Å². The second kappa shape index (κ2) is 5.12. The Hall–Kier alpha value is -1.35. The molecule has 3 heteroatoms. The number of carbonyl (C=O) groups is 1. The van der Waals surface area contributed by atoms with Crippen LogP contribution < -0.4 is 5.32 Å². The van der Waals surface area contributed by atoms with E-state index in [9.17, 15) is 4.79 Å². The van der Waals surface area contributed by atoms with Gasteiger partial charge in [0.2, 0.25) is 0 Å². The molecule has 0 fully saturated rings. The molecular weight excluding hydrogens is 200 g/mol. The van der Waals surface area contributed by atoms with E-state index in [1.165, 1.54) is 0 Å². The summed E-state index contributed by atoms with van der Waals surface area (Å²) in [7, 11) is 4.02. The Labute approximate surface area is 97.5 Å². The van der Waals surface area contributed by atoms with Gasteiger partial charge in [0, 0.05) is 17.6 Å². The first kappa shape index (κ1) is 12.7. The van der Waals surface area contributed by atoms with Gasteiger partial charge < -0.3 is 10.2 Å². The quantitative estimate of drug-likeness (QED) is 0.838. The van der Waals surface area contributed by atoms with Crippen LogP contribution in [0.5, 0.6) is 0 Å². The molecule has 0 aliphatic rings. The number of benzene rings is 1. The van der Waals surface area contributed by atoms with Crippen LogP contribution in [0.15, 0.2) is 30.3 Å². The lowest BCUT2D eigenvalue weighted by Crippen LogP contribution is -2.48. The van der Waals surface area contributed by atoms with E-state index in [1.807, 2.05) is 44.4 Å². The largest absolute Gasteiger partial charge is 0.350 e. The molecule has 0 bridgehead atoms. The molecule has 0 atom stereocenters. The molecular formula is C13H20N2O. The van der Waals surface area contributed by atoms with Crippen LogP contribution in [0.25, 0.3) is 0 Å². The Balaban J connectivity index is 2.54. The van der Waals surface area contributed by atoms with Crippen molar-refractivity contribution in [1.82, 2.24) is 10.2 Å². The molecule has 0 unspecified atom stereocenters. The van der Waals surface area contributed by atoms with Gasteiger partial charge in [0.1, 0.15) is 0 Å². The van der Waals surface area contributed by atoms with E-state index in [2.05, 4.69) is 24.1 Å². The molecule has 0 aliphatic carbocycles. The monoisotopic (exact) mass is 220 g/mol. The SMILES string of the molecule is CN(C)C(C)(C)CNC(=O)c1ccccc1. The van der Waals surface area contributed by atoms with Gasteiger partial charge in [-0.25, -0.2) is 0 Å². The number of rotatable bonds is 4. The molecule has 1 rings (SSSR count). The third kappa shape index (κ3) is 3.35. The molecule has 0 saturated carbocycles. The van der Waals surface area contributed by atoms with Crippen molar-refractivity contribution >= 4 is 5.91 Å². The third-order valence-corrected chi connectivity index (χ3v) is 2.93. The molecule has 0 spiro atoms. The van der Waals surface area contributed by atoms with Crippen molar-refractivity contribution in [3.63, 3.8) is 0 Å². The van der Waals surface area contributed by atoms with E-state index in [1.54, 1.807) is 0 Å². The number of hydrogen-bond donors (Lipinski definition) is 1. The summed E-state index contributed by atoms with van der Waals surface area (Å²) in [5.41, 5.74) is 0.668. The summed E-state index contributed by atoms with van der Waals surface area (Å²) in [6.07, 6.45) is 0. The average Bonchev–Trinajstić information content (AvgIpc) is 2.27. The van der Waals surface area contributed by atoms with Crippen LogP contribution in [-0.4, -0.2) is 37.0 Å². The van der Waals surface area contributed by atoms with Crippen molar-refractivity contribution in [2.45, 2.75) is 19.4 Å². The minimum atomic E-state index is -0.0373. The van der Waals surface area contributed by atoms with E-state index in [4.69, 9.17) is 0 Å². The molecule has 3 nitrogen and oxygen atoms in total. The molecule has 0 radical (unpaired) electrons. The predicted octanol–water partition coefficient (Wildman–Crippen LogP) is 1.76. The van der Waals surface area contributed by atoms with Crippen molar-refractivity contribution in [3.05, 3.63) is 35.9 Å². The molecule has 1 aromatic carbocycles. The molecule has 16 heavy (non-hydrogen) atoms. The summed E-state index contributed by atoms with van der Waals surface area (Å²) in [4.78, 5) is 13.9. The van der Waals surface area contributed by atoms with Crippen molar-refractivity contribution in [2.75, 3.05) is 20.6 Å². The van der Waals surface area contributed by atoms with Gasteiger partial charge in [-0.1, -0.05) is 18.2 Å². The fraction of sp³-hybridized carbons (Fsp3) is 0.462. The topological polar surface area (TPSA) is 32.3 Å². The van der Waals surface area contributed by atoms with E-state index >= 15 is 0 Å². The second-order valence-corrected chi connectivity index (χ2v) is 4.76. The number of amides is 1. The lowest BCUT2D eigenvalue weighted by atomic mass is 10.0. The van der Waals surface area contributed by atoms with Gasteiger partial charge in [0.25, 0.3) is 5.91 Å². The van der Waals surface area contributed by atoms with Crippen LogP contribution in [0.2, 0.25) is 0 Å². The Morgan fingerprint density at radius 3 is 2.31 bits per heavy atom. The second-order valence-electron chi connectivity index (χ2n) is 4.76. The van der Waals surface area contributed by atoms with Crippen LogP contribution in [0, 0.1) is 0 Å². The zero-order valence-electron chi connectivity index (χ0n) is 10.4. The number of likely N-dealkylation sites (N-methyl/N-ethyl adjacent to an activating group) is 1. The fourth-order valence-corrected chi connectivity index (χ4v) is 1.15. The van der Waals surface area contributed by atoms with Gasteiger partial charge in [-0.2, -0.15) is 0 Å². The fourth-order valence-electron chi connectivity index (χ4n) is 1.15. The highest BCUT2D eigenvalue weighted by Gasteiger charge is 2.21. The lowest BCUT2D eigenvalue weighted by molar-refractivity contribution is 0.0919. The van der Waals surface area contributed by atoms with Crippen LogP contribution in [0.4, 0.5) is 0 Å². The van der Waals surface area contributed by atoms with Gasteiger partial charge in [-0.15, -0.1) is 0 Å². The number of nitrogens with zero attached hydrogens (tertiary/aromatic N) is 1. The zero-order valence-corrected chi connectivity index (χ0v) is 10.4. The maximum atomic E-state index is 11.8. The predicted molar refractivity (Wildman–Crippen MR) is 66.5 cm³/mol. The van der Waals surface area contributed by atoms with Gasteiger partial charge in [-0.05, 0) is 40.1 Å². The highest BCUT2D eigenvalue weighted by Crippen LogP contribution is 2.08. The molecule has 0 saturated heterocycles. The summed E-state index contributed by atoms with van der Waals surface area (Å²) in [5.74, 6) is -0.0180. The molecule has 1 aromatic rings. The van der Waals surface area contributed by atoms with Crippen LogP contribution in [-0.2, 0) is 0 Å². The maximum absolute atomic E-state index is 11.8. The Morgan fingerprint density at radius 1 is 1.25 bits per heavy atom. The Kier molecular flexibility index (Phi) is 4.07. The minimum absolute atomic E-state index is 0.0180. The summed E-state index contributed by atoms with van der Waals surface area (Å²) in [5, 5.41) is 2.94. The minimum Gasteiger partial charge on any atom is -0.350 e. The molecule has 0 aliphatic heterocycles. The highest BCUT2D eigenvalue weighted by atomic mass is 16.1. The standard InChI is InChI=1S/C13H20N2O/c1-13(2,15(3)4)10-14-12(16)11-8-6-5-7-9-11/h5-9H,10H2,1-4H3,(H,14,16). The molecule has 1 amide bonds. The lowest BCUT2D eigenvalue weighted by Gasteiger charge is -2.32. The summed E-state index contributed by atoms with van der Waals surface area (Å²) < 4.78 is 0. The van der Waals surface area contributed by atoms with Crippen molar-refractivity contribution in [2.24, 2.45) is 0 Å². The number of carbonyl (C=O) groups excluding carboxylic acids is 1. The zero-order chi connectivity index (χ0) is 12.2. The number of hydrogen-bond acceptors (Lipinski definition) is 2. The van der Waals surface area contributed by atoms with Crippen LogP contribution in [0.1, 0.15) is 24.2 Å². The molecule has 0 heterocycles. The Bertz CT molecular complexity index is 344. The molecule has 88 valence electrons. The summed E-state index contributed by atoms with van der Waals surface area (Å²) >= 11 is 0. The van der Waals surface area contributed by atoms with Crippen molar-refractivity contribution in [3.8, 4) is 0 Å². The van der Waals surface area contributed by atoms with Crippen molar-refractivity contribution < 1.29 is 4.79 Å². The Morgan fingerprint density at radius 2 is 1.81 bits per heavy atom. The summed E-state index contributed by atoms with van der Waals surface area (Å²) in [6.45, 7) is 4.82. The van der Waals surface area contributed by atoms with Gasteiger partial charge in [-0.3, -0.25) is 4.79 Å². The van der Waals surface area contributed by atoms with E-state index in [0.717, 1.165) is 0 Å². The first-order valence-electron chi connectivity index (χ1n) is 5.44. The molecule has 0 aromatic heterocycles. The van der Waals surface area contributed by atoms with Crippen molar-refractivity contribution in [1.29, 1.82) is 0 Å². The first-order valence-corrected chi connectivity index (χ1v) is 5.44. The van der Waals surface area contributed by atoms with Crippen LogP contribution in [0.3, 0.4) is 0 Å². The normalized spacial score (nSPS) is 11.6. The van der Waals surface area contributed by atoms with E-state index < -0.39 is 0 Å². The molecule has 1 N–H and O–H groups in total. The van der Waals surface area contributed by atoms with Gasteiger partial charge >= 0.3 is 0 Å². The summed E-state index contributed by atoms with van der Waals surface area (Å²) in [6, 6.07) is 9.27.